The van der Waals surface area contributed by atoms with E-state index in [-0.39, 0.29) is 17.4 Å². The summed E-state index contributed by atoms with van der Waals surface area (Å²) in [5.74, 6) is 1.83. The van der Waals surface area contributed by atoms with Gasteiger partial charge in [-0.1, -0.05) is 32.9 Å². The van der Waals surface area contributed by atoms with Crippen LogP contribution in [0.4, 0.5) is 0 Å². The molecule has 3 rings (SSSR count). The summed E-state index contributed by atoms with van der Waals surface area (Å²) in [6.07, 6.45) is 1.18. The van der Waals surface area contributed by atoms with Crippen LogP contribution in [0.1, 0.15) is 52.4 Å². The number of hydrogen-bond donors (Lipinski definition) is 0. The molecule has 1 heterocycles. The first-order valence-corrected chi connectivity index (χ1v) is 12.3. The molecule has 0 saturated heterocycles. The van der Waals surface area contributed by atoms with Gasteiger partial charge in [-0.25, -0.2) is 4.98 Å². The van der Waals surface area contributed by atoms with Gasteiger partial charge in [0, 0.05) is 25.1 Å². The summed E-state index contributed by atoms with van der Waals surface area (Å²) in [4.78, 5) is 33.7. The van der Waals surface area contributed by atoms with Gasteiger partial charge in [0.05, 0.1) is 41.3 Å². The van der Waals surface area contributed by atoms with Crippen molar-refractivity contribution in [1.82, 2.24) is 14.5 Å². The molecule has 8 heteroatoms. The quantitative estimate of drug-likeness (QED) is 0.365. The number of fused-ring (bicyclic) bond motifs is 1. The number of benzene rings is 2. The SMILES string of the molecule is CCCC(=O)N(CC(C)C)C(C)c1nc2ccccc2c(=O)n1-c1cc(OC)cc(OC)c1Br. The number of carbonyl (C=O) groups excluding carboxylic acids is 1. The standard InChI is InChI=1S/C26H32BrN3O4/c1-7-10-23(31)29(15-16(2)3)17(4)25-28-20-12-9-8-11-19(20)26(32)30(25)21-13-18(33-5)14-22(34-6)24(21)27/h8-9,11-14,16-17H,7,10,15H2,1-6H3. The number of amides is 1. The number of ether oxygens (including phenoxy) is 2. The molecule has 0 aliphatic carbocycles. The van der Waals surface area contributed by atoms with Gasteiger partial charge in [0.2, 0.25) is 5.91 Å². The van der Waals surface area contributed by atoms with Gasteiger partial charge < -0.3 is 14.4 Å². The van der Waals surface area contributed by atoms with Crippen molar-refractivity contribution in [3.8, 4) is 17.2 Å². The van der Waals surface area contributed by atoms with E-state index < -0.39 is 6.04 Å². The summed E-state index contributed by atoms with van der Waals surface area (Å²) < 4.78 is 13.2. The second kappa shape index (κ2) is 11.0. The van der Waals surface area contributed by atoms with Gasteiger partial charge in [0.1, 0.15) is 17.3 Å². The molecule has 0 fully saturated rings. The third-order valence-corrected chi connectivity index (χ3v) is 6.48. The maximum absolute atomic E-state index is 13.9. The number of rotatable bonds is 9. The first kappa shape index (κ1) is 25.7. The van der Waals surface area contributed by atoms with E-state index in [0.29, 0.717) is 51.4 Å². The van der Waals surface area contributed by atoms with Gasteiger partial charge in [0.15, 0.2) is 0 Å². The molecule has 0 aliphatic rings. The molecule has 2 aromatic carbocycles. The second-order valence-corrected chi connectivity index (χ2v) is 9.45. The molecule has 0 radical (unpaired) electrons. The van der Waals surface area contributed by atoms with E-state index in [0.717, 1.165) is 6.42 Å². The maximum atomic E-state index is 13.9. The van der Waals surface area contributed by atoms with Crippen LogP contribution in [0.5, 0.6) is 11.5 Å². The molecule has 1 atom stereocenters. The first-order chi connectivity index (χ1) is 16.2. The van der Waals surface area contributed by atoms with Crippen molar-refractivity contribution in [3.63, 3.8) is 0 Å². The topological polar surface area (TPSA) is 73.7 Å². The van der Waals surface area contributed by atoms with E-state index in [1.807, 2.05) is 36.9 Å². The van der Waals surface area contributed by atoms with Crippen LogP contribution in [0.25, 0.3) is 16.6 Å². The number of carbonyl (C=O) groups is 1. The van der Waals surface area contributed by atoms with Gasteiger partial charge in [-0.3, -0.25) is 14.2 Å². The zero-order valence-corrected chi connectivity index (χ0v) is 22.2. The van der Waals surface area contributed by atoms with Crippen LogP contribution < -0.4 is 15.0 Å². The summed E-state index contributed by atoms with van der Waals surface area (Å²) in [5.41, 5.74) is 0.897. The van der Waals surface area contributed by atoms with Crippen LogP contribution in [0.3, 0.4) is 0 Å². The third-order valence-electron chi connectivity index (χ3n) is 5.68. The minimum Gasteiger partial charge on any atom is -0.497 e. The monoisotopic (exact) mass is 529 g/mol. The third kappa shape index (κ3) is 5.12. The average molecular weight is 530 g/mol. The Bertz CT molecular complexity index is 1240. The van der Waals surface area contributed by atoms with E-state index in [1.54, 1.807) is 37.0 Å². The lowest BCUT2D eigenvalue weighted by molar-refractivity contribution is -0.134. The highest BCUT2D eigenvalue weighted by atomic mass is 79.9. The molecule has 0 saturated carbocycles. The molecule has 182 valence electrons. The van der Waals surface area contributed by atoms with Crippen molar-refractivity contribution in [3.05, 3.63) is 57.0 Å². The molecule has 1 amide bonds. The lowest BCUT2D eigenvalue weighted by atomic mass is 10.1. The van der Waals surface area contributed by atoms with Gasteiger partial charge in [-0.15, -0.1) is 0 Å². The maximum Gasteiger partial charge on any atom is 0.266 e. The van der Waals surface area contributed by atoms with Crippen LogP contribution in [-0.2, 0) is 4.79 Å². The Morgan fingerprint density at radius 2 is 1.85 bits per heavy atom. The molecule has 1 aromatic heterocycles. The summed E-state index contributed by atoms with van der Waals surface area (Å²) in [6.45, 7) is 8.62. The number of nitrogens with zero attached hydrogens (tertiary/aromatic N) is 3. The number of halogens is 1. The van der Waals surface area contributed by atoms with Crippen molar-refractivity contribution in [2.75, 3.05) is 20.8 Å². The highest BCUT2D eigenvalue weighted by Crippen LogP contribution is 2.37. The van der Waals surface area contributed by atoms with Crippen molar-refractivity contribution in [2.45, 2.75) is 46.6 Å². The fraction of sp³-hybridized carbons (Fsp3) is 0.423. The Kier molecular flexibility index (Phi) is 8.36. The first-order valence-electron chi connectivity index (χ1n) is 11.5. The molecule has 1 unspecified atom stereocenters. The van der Waals surface area contributed by atoms with E-state index in [4.69, 9.17) is 14.5 Å². The average Bonchev–Trinajstić information content (AvgIpc) is 2.82. The summed E-state index contributed by atoms with van der Waals surface area (Å²) in [5, 5.41) is 0.488. The molecule has 0 aliphatic heterocycles. The van der Waals surface area contributed by atoms with Gasteiger partial charge in [-0.2, -0.15) is 0 Å². The minimum atomic E-state index is -0.442. The zero-order valence-electron chi connectivity index (χ0n) is 20.6. The largest absolute Gasteiger partial charge is 0.497 e. The normalized spacial score (nSPS) is 12.1. The molecule has 7 nitrogen and oxygen atoms in total. The number of methoxy groups -OCH3 is 2. The highest BCUT2D eigenvalue weighted by Gasteiger charge is 2.28. The molecule has 0 bridgehead atoms. The lowest BCUT2D eigenvalue weighted by Gasteiger charge is -2.32. The number of hydrogen-bond acceptors (Lipinski definition) is 5. The van der Waals surface area contributed by atoms with Crippen LogP contribution in [0.15, 0.2) is 45.7 Å². The Morgan fingerprint density at radius 3 is 2.47 bits per heavy atom. The van der Waals surface area contributed by atoms with Gasteiger partial charge in [-0.05, 0) is 47.3 Å². The molecular formula is C26H32BrN3O4. The Morgan fingerprint density at radius 1 is 1.15 bits per heavy atom. The van der Waals surface area contributed by atoms with E-state index in [9.17, 15) is 9.59 Å². The Labute approximate surface area is 208 Å². The smallest absolute Gasteiger partial charge is 0.266 e. The second-order valence-electron chi connectivity index (χ2n) is 8.66. The fourth-order valence-corrected chi connectivity index (χ4v) is 4.58. The van der Waals surface area contributed by atoms with Gasteiger partial charge in [0.25, 0.3) is 5.56 Å². The van der Waals surface area contributed by atoms with Crippen molar-refractivity contribution < 1.29 is 14.3 Å². The summed E-state index contributed by atoms with van der Waals surface area (Å²) >= 11 is 3.61. The van der Waals surface area contributed by atoms with Crippen LogP contribution in [0.2, 0.25) is 0 Å². The predicted molar refractivity (Wildman–Crippen MR) is 138 cm³/mol. The zero-order chi connectivity index (χ0) is 25.0. The molecule has 34 heavy (non-hydrogen) atoms. The molecule has 0 N–H and O–H groups in total. The van der Waals surface area contributed by atoms with E-state index >= 15 is 0 Å². The fourth-order valence-electron chi connectivity index (χ4n) is 4.02. The molecule has 3 aromatic rings. The molecular weight excluding hydrogens is 498 g/mol. The Balaban J connectivity index is 2.36. The molecule has 0 spiro atoms. The minimum absolute atomic E-state index is 0.0416. The lowest BCUT2D eigenvalue weighted by Crippen LogP contribution is -2.39. The van der Waals surface area contributed by atoms with Crippen molar-refractivity contribution in [1.29, 1.82) is 0 Å². The van der Waals surface area contributed by atoms with Gasteiger partial charge >= 0.3 is 0 Å². The van der Waals surface area contributed by atoms with E-state index in [1.165, 1.54) is 0 Å². The van der Waals surface area contributed by atoms with Crippen LogP contribution >= 0.6 is 15.9 Å². The van der Waals surface area contributed by atoms with E-state index in [2.05, 4.69) is 29.8 Å². The van der Waals surface area contributed by atoms with Crippen LogP contribution in [0, 0.1) is 5.92 Å². The number of para-hydroxylation sites is 1. The highest BCUT2D eigenvalue weighted by molar-refractivity contribution is 9.10. The summed E-state index contributed by atoms with van der Waals surface area (Å²) in [6, 6.07) is 10.3. The number of aromatic nitrogens is 2. The Hall–Kier alpha value is -2.87. The summed E-state index contributed by atoms with van der Waals surface area (Å²) in [7, 11) is 3.12. The predicted octanol–water partition coefficient (Wildman–Crippen LogP) is 5.51. The van der Waals surface area contributed by atoms with Crippen LogP contribution in [-0.4, -0.2) is 41.1 Å². The van der Waals surface area contributed by atoms with Crippen molar-refractivity contribution >= 4 is 32.7 Å². The van der Waals surface area contributed by atoms with Crippen molar-refractivity contribution in [2.24, 2.45) is 5.92 Å².